The molecule has 0 atom stereocenters. The zero-order chi connectivity index (χ0) is 35.8. The second-order valence-corrected chi connectivity index (χ2v) is 14.1. The van der Waals surface area contributed by atoms with Crippen LogP contribution in [0.4, 0.5) is 0 Å². The molecule has 0 radical (unpaired) electrons. The van der Waals surface area contributed by atoms with Crippen LogP contribution in [0.5, 0.6) is 0 Å². The van der Waals surface area contributed by atoms with Gasteiger partial charge < -0.3 is 0 Å². The van der Waals surface area contributed by atoms with Crippen LogP contribution in [-0.4, -0.2) is 0 Å². The van der Waals surface area contributed by atoms with Crippen molar-refractivity contribution in [2.75, 3.05) is 0 Å². The highest BCUT2D eigenvalue weighted by Crippen LogP contribution is 2.42. The summed E-state index contributed by atoms with van der Waals surface area (Å²) in [6.07, 6.45) is 0. The molecule has 0 unspecified atom stereocenters. The lowest BCUT2D eigenvalue weighted by atomic mass is 9.86. The smallest absolute Gasteiger partial charge is 0.00926 e. The fourth-order valence-corrected chi connectivity index (χ4v) is 8.05. The molecule has 0 N–H and O–H groups in total. The molecule has 0 bridgehead atoms. The zero-order valence-electron chi connectivity index (χ0n) is 29.8. The van der Waals surface area contributed by atoms with Crippen LogP contribution in [0.3, 0.4) is 0 Å². The number of rotatable bonds is 6. The maximum absolute atomic E-state index is 2.39. The molecule has 0 spiro atoms. The topological polar surface area (TPSA) is 0 Å². The lowest BCUT2D eigenvalue weighted by Crippen LogP contribution is -1.91. The third-order valence-electron chi connectivity index (χ3n) is 10.9. The predicted molar refractivity (Wildman–Crippen MR) is 232 cm³/mol. The van der Waals surface area contributed by atoms with Crippen molar-refractivity contribution >= 4 is 32.3 Å². The van der Waals surface area contributed by atoms with Gasteiger partial charge in [-0.1, -0.05) is 188 Å². The summed E-state index contributed by atoms with van der Waals surface area (Å²) in [6.45, 7) is 0. The van der Waals surface area contributed by atoms with Gasteiger partial charge in [0.1, 0.15) is 0 Å². The summed E-state index contributed by atoms with van der Waals surface area (Å²) in [5, 5.41) is 7.54. The fourth-order valence-electron chi connectivity index (χ4n) is 8.05. The summed E-state index contributed by atoms with van der Waals surface area (Å²) < 4.78 is 0. The van der Waals surface area contributed by atoms with Crippen molar-refractivity contribution in [3.8, 4) is 66.8 Å². The molecule has 0 nitrogen and oxygen atoms in total. The maximum Gasteiger partial charge on any atom is -0.00926 e. The first kappa shape index (κ1) is 31.7. The number of benzene rings is 10. The van der Waals surface area contributed by atoms with E-state index < -0.39 is 0 Å². The first-order valence-corrected chi connectivity index (χ1v) is 18.7. The number of hydrogen-bond acceptors (Lipinski definition) is 0. The summed E-state index contributed by atoms with van der Waals surface area (Å²) in [6, 6.07) is 79.9. The Bertz CT molecular complexity index is 2930. The van der Waals surface area contributed by atoms with Crippen LogP contribution in [0.2, 0.25) is 0 Å². The highest BCUT2D eigenvalue weighted by Gasteiger charge is 2.16. The van der Waals surface area contributed by atoms with Gasteiger partial charge in [-0.2, -0.15) is 0 Å². The average Bonchev–Trinajstić information content (AvgIpc) is 3.26. The van der Waals surface area contributed by atoms with Crippen molar-refractivity contribution in [3.05, 3.63) is 218 Å². The Morgan fingerprint density at radius 2 is 0.593 bits per heavy atom. The van der Waals surface area contributed by atoms with Crippen molar-refractivity contribution in [1.82, 2.24) is 0 Å². The van der Waals surface area contributed by atoms with Crippen molar-refractivity contribution in [3.63, 3.8) is 0 Å². The lowest BCUT2D eigenvalue weighted by molar-refractivity contribution is 1.58. The van der Waals surface area contributed by atoms with E-state index in [9.17, 15) is 0 Å². The summed E-state index contributed by atoms with van der Waals surface area (Å²) in [5.74, 6) is 0. The molecular formula is C54H36. The van der Waals surface area contributed by atoms with E-state index in [4.69, 9.17) is 0 Å². The van der Waals surface area contributed by atoms with Gasteiger partial charge in [-0.25, -0.2) is 0 Å². The molecule has 10 aromatic carbocycles. The second kappa shape index (κ2) is 13.5. The Kier molecular flexibility index (Phi) is 7.93. The van der Waals surface area contributed by atoms with Crippen LogP contribution in [0.15, 0.2) is 218 Å². The normalized spacial score (nSPS) is 11.3. The number of fused-ring (bicyclic) bond motifs is 3. The molecule has 0 heterocycles. The van der Waals surface area contributed by atoms with Gasteiger partial charge in [-0.15, -0.1) is 0 Å². The zero-order valence-corrected chi connectivity index (χ0v) is 29.8. The molecule has 54 heavy (non-hydrogen) atoms. The second-order valence-electron chi connectivity index (χ2n) is 14.1. The Labute approximate surface area is 316 Å². The molecule has 0 saturated carbocycles. The van der Waals surface area contributed by atoms with Crippen LogP contribution >= 0.6 is 0 Å². The maximum atomic E-state index is 2.39. The molecule has 0 aliphatic rings. The molecule has 0 aromatic heterocycles. The van der Waals surface area contributed by atoms with Gasteiger partial charge in [0, 0.05) is 0 Å². The van der Waals surface area contributed by atoms with Crippen LogP contribution < -0.4 is 0 Å². The third kappa shape index (κ3) is 5.85. The van der Waals surface area contributed by atoms with Gasteiger partial charge in [-0.3, -0.25) is 0 Å². The molecule has 0 fully saturated rings. The van der Waals surface area contributed by atoms with Gasteiger partial charge in [0.25, 0.3) is 0 Å². The highest BCUT2D eigenvalue weighted by molar-refractivity contribution is 6.09. The molecule has 0 heteroatoms. The van der Waals surface area contributed by atoms with Gasteiger partial charge in [-0.05, 0) is 129 Å². The van der Waals surface area contributed by atoms with E-state index in [1.807, 2.05) is 0 Å². The first-order chi connectivity index (χ1) is 26.7. The highest BCUT2D eigenvalue weighted by atomic mass is 14.2. The third-order valence-corrected chi connectivity index (χ3v) is 10.9. The lowest BCUT2D eigenvalue weighted by Gasteiger charge is -2.17. The fraction of sp³-hybridized carbons (Fsp3) is 0. The standard InChI is InChI=1S/C54H36/c1-3-13-42(14-4-1)51-33-47(39-24-22-38(23-25-39)46-31-28-37-12-7-8-18-45(37)32-46)35-53-52(43-15-5-2-6-16-43)34-48(36-54(51)53)40-26-29-44(30-27-40)50-21-11-19-41-17-9-10-20-49(41)50/h1-36H. The summed E-state index contributed by atoms with van der Waals surface area (Å²) in [5.41, 5.74) is 14.6. The molecule has 0 saturated heterocycles. The SMILES string of the molecule is c1ccc(-c2cc(-c3ccc(-c4cccc5ccccc45)cc3)cc3c(-c4ccccc4)cc(-c4ccc(-c5ccc6ccccc6c5)cc4)cc23)cc1. The molecule has 0 aliphatic carbocycles. The van der Waals surface area contributed by atoms with Gasteiger partial charge >= 0.3 is 0 Å². The first-order valence-electron chi connectivity index (χ1n) is 18.7. The van der Waals surface area contributed by atoms with E-state index in [1.54, 1.807) is 0 Å². The van der Waals surface area contributed by atoms with E-state index in [1.165, 1.54) is 99.1 Å². The van der Waals surface area contributed by atoms with Gasteiger partial charge in [0.2, 0.25) is 0 Å². The monoisotopic (exact) mass is 684 g/mol. The van der Waals surface area contributed by atoms with Crippen LogP contribution in [0.25, 0.3) is 99.1 Å². The van der Waals surface area contributed by atoms with Crippen LogP contribution in [0.1, 0.15) is 0 Å². The van der Waals surface area contributed by atoms with E-state index in [0.717, 1.165) is 0 Å². The largest absolute Gasteiger partial charge is 0.0622 e. The van der Waals surface area contributed by atoms with Crippen molar-refractivity contribution < 1.29 is 0 Å². The van der Waals surface area contributed by atoms with E-state index in [2.05, 4.69) is 218 Å². The summed E-state index contributed by atoms with van der Waals surface area (Å²) in [4.78, 5) is 0. The minimum atomic E-state index is 1.20. The predicted octanol–water partition coefficient (Wildman–Crippen LogP) is 15.1. The van der Waals surface area contributed by atoms with Crippen molar-refractivity contribution in [2.45, 2.75) is 0 Å². The van der Waals surface area contributed by atoms with Crippen molar-refractivity contribution in [2.24, 2.45) is 0 Å². The molecule has 0 amide bonds. The van der Waals surface area contributed by atoms with E-state index in [-0.39, 0.29) is 0 Å². The summed E-state index contributed by atoms with van der Waals surface area (Å²) in [7, 11) is 0. The van der Waals surface area contributed by atoms with E-state index >= 15 is 0 Å². The van der Waals surface area contributed by atoms with E-state index in [0.29, 0.717) is 0 Å². The Hall–Kier alpha value is -7.02. The summed E-state index contributed by atoms with van der Waals surface area (Å²) >= 11 is 0. The quantitative estimate of drug-likeness (QED) is 0.164. The minimum absolute atomic E-state index is 1.20. The van der Waals surface area contributed by atoms with Crippen LogP contribution in [-0.2, 0) is 0 Å². The molecule has 252 valence electrons. The van der Waals surface area contributed by atoms with Crippen molar-refractivity contribution in [1.29, 1.82) is 0 Å². The minimum Gasteiger partial charge on any atom is -0.0622 e. The molecule has 10 aromatic rings. The van der Waals surface area contributed by atoms with Crippen LogP contribution in [0, 0.1) is 0 Å². The Morgan fingerprint density at radius 1 is 0.167 bits per heavy atom. The Morgan fingerprint density at radius 3 is 1.19 bits per heavy atom. The Balaban J connectivity index is 1.12. The molecule has 10 rings (SSSR count). The molecular weight excluding hydrogens is 649 g/mol. The molecule has 0 aliphatic heterocycles. The average molecular weight is 685 g/mol. The van der Waals surface area contributed by atoms with Gasteiger partial charge in [0.05, 0.1) is 0 Å². The number of hydrogen-bond donors (Lipinski definition) is 0. The van der Waals surface area contributed by atoms with Gasteiger partial charge in [0.15, 0.2) is 0 Å².